The number of hydrogen-bond acceptors (Lipinski definition) is 5. The third-order valence-electron chi connectivity index (χ3n) is 4.74. The van der Waals surface area contributed by atoms with E-state index in [1.54, 1.807) is 16.7 Å². The van der Waals surface area contributed by atoms with Crippen LogP contribution < -0.4 is 4.74 Å². The molecule has 1 N–H and O–H groups in total. The number of aromatic nitrogens is 3. The van der Waals surface area contributed by atoms with E-state index in [1.165, 1.54) is 4.90 Å². The molecular formula is C22H26N4O2S2. The molecule has 6 nitrogen and oxygen atoms in total. The lowest BCUT2D eigenvalue weighted by molar-refractivity contribution is -0.130. The molecular weight excluding hydrogens is 416 g/mol. The predicted molar refractivity (Wildman–Crippen MR) is 123 cm³/mol. The van der Waals surface area contributed by atoms with Crippen LogP contribution in [0.25, 0.3) is 11.4 Å². The van der Waals surface area contributed by atoms with Gasteiger partial charge in [0.1, 0.15) is 5.75 Å². The number of H-pyrrole nitrogens is 1. The van der Waals surface area contributed by atoms with Gasteiger partial charge < -0.3 is 9.64 Å². The Labute approximate surface area is 186 Å². The highest BCUT2D eigenvalue weighted by Crippen LogP contribution is 2.22. The standard InChI is InChI=1S/C22H26N4O2S2/c1-4-28-18-9-7-17(8-10-18)21-23-24-22(29)26(21)14-13-20(27)25(2)15-16-5-11-19(30-3)12-6-16/h5-12H,4,13-15H2,1-3H3,(H,24,29). The molecule has 2 aromatic carbocycles. The Morgan fingerprint density at radius 3 is 2.53 bits per heavy atom. The summed E-state index contributed by atoms with van der Waals surface area (Å²) in [6.07, 6.45) is 2.39. The van der Waals surface area contributed by atoms with Crippen molar-refractivity contribution in [1.29, 1.82) is 0 Å². The smallest absolute Gasteiger partial charge is 0.224 e. The van der Waals surface area contributed by atoms with E-state index < -0.39 is 0 Å². The Morgan fingerprint density at radius 1 is 1.20 bits per heavy atom. The van der Waals surface area contributed by atoms with Crippen LogP contribution in [0, 0.1) is 4.77 Å². The lowest BCUT2D eigenvalue weighted by Gasteiger charge is -2.18. The van der Waals surface area contributed by atoms with Crippen LogP contribution in [0.4, 0.5) is 0 Å². The fourth-order valence-corrected chi connectivity index (χ4v) is 3.74. The average Bonchev–Trinajstić information content (AvgIpc) is 3.13. The number of thioether (sulfide) groups is 1. The molecule has 0 aliphatic heterocycles. The Kier molecular flexibility index (Phi) is 7.70. The van der Waals surface area contributed by atoms with Crippen molar-refractivity contribution >= 4 is 29.9 Å². The Balaban J connectivity index is 1.64. The van der Waals surface area contributed by atoms with Crippen LogP contribution in [0.3, 0.4) is 0 Å². The number of rotatable bonds is 9. The summed E-state index contributed by atoms with van der Waals surface area (Å²) in [5.74, 6) is 1.58. The van der Waals surface area contributed by atoms with Crippen LogP contribution in [-0.2, 0) is 17.9 Å². The number of ether oxygens (including phenoxy) is 1. The third kappa shape index (κ3) is 5.52. The van der Waals surface area contributed by atoms with Gasteiger partial charge in [0.2, 0.25) is 5.91 Å². The summed E-state index contributed by atoms with van der Waals surface area (Å²) in [5.41, 5.74) is 2.03. The second-order valence-corrected chi connectivity index (χ2v) is 8.08. The van der Waals surface area contributed by atoms with E-state index in [9.17, 15) is 4.79 Å². The van der Waals surface area contributed by atoms with Crippen molar-refractivity contribution in [3.63, 3.8) is 0 Å². The summed E-state index contributed by atoms with van der Waals surface area (Å²) in [5, 5.41) is 7.18. The van der Waals surface area contributed by atoms with Gasteiger partial charge in [-0.2, -0.15) is 5.10 Å². The SMILES string of the molecule is CCOc1ccc(-c2n[nH]c(=S)n2CCC(=O)N(C)Cc2ccc(SC)cc2)cc1. The molecule has 0 aliphatic carbocycles. The Bertz CT molecular complexity index is 1030. The van der Waals surface area contributed by atoms with E-state index in [1.807, 2.05) is 49.1 Å². The molecule has 0 aliphatic rings. The van der Waals surface area contributed by atoms with Gasteiger partial charge in [0, 0.05) is 37.0 Å². The zero-order valence-corrected chi connectivity index (χ0v) is 19.1. The molecule has 1 aromatic heterocycles. The maximum atomic E-state index is 12.7. The second kappa shape index (κ2) is 10.4. The molecule has 0 fully saturated rings. The van der Waals surface area contributed by atoms with E-state index in [0.29, 0.717) is 36.7 Å². The van der Waals surface area contributed by atoms with E-state index in [-0.39, 0.29) is 5.91 Å². The van der Waals surface area contributed by atoms with Crippen molar-refractivity contribution in [3.05, 3.63) is 58.9 Å². The lowest BCUT2D eigenvalue weighted by atomic mass is 10.2. The first-order valence-corrected chi connectivity index (χ1v) is 11.4. The summed E-state index contributed by atoms with van der Waals surface area (Å²) in [6.45, 7) is 3.62. The van der Waals surface area contributed by atoms with Crippen LogP contribution in [-0.4, -0.2) is 45.5 Å². The zero-order valence-electron chi connectivity index (χ0n) is 17.4. The van der Waals surface area contributed by atoms with E-state index in [2.05, 4.69) is 34.5 Å². The summed E-state index contributed by atoms with van der Waals surface area (Å²) >= 11 is 7.08. The second-order valence-electron chi connectivity index (χ2n) is 6.81. The van der Waals surface area contributed by atoms with Crippen LogP contribution in [0.5, 0.6) is 5.75 Å². The molecule has 0 radical (unpaired) electrons. The molecule has 3 aromatic rings. The molecule has 0 atom stereocenters. The summed E-state index contributed by atoms with van der Waals surface area (Å²) < 4.78 is 7.86. The van der Waals surface area contributed by atoms with Gasteiger partial charge in [-0.15, -0.1) is 11.8 Å². The topological polar surface area (TPSA) is 63.1 Å². The van der Waals surface area contributed by atoms with E-state index in [4.69, 9.17) is 17.0 Å². The molecule has 30 heavy (non-hydrogen) atoms. The predicted octanol–water partition coefficient (Wildman–Crippen LogP) is 4.78. The van der Waals surface area contributed by atoms with Gasteiger partial charge in [0.25, 0.3) is 0 Å². The third-order valence-corrected chi connectivity index (χ3v) is 5.79. The highest BCUT2D eigenvalue weighted by molar-refractivity contribution is 7.98. The summed E-state index contributed by atoms with van der Waals surface area (Å²) in [6, 6.07) is 16.0. The Hall–Kier alpha value is -2.58. The van der Waals surface area contributed by atoms with Gasteiger partial charge in [0.05, 0.1) is 6.61 Å². The molecule has 1 amide bonds. The van der Waals surface area contributed by atoms with Crippen molar-refractivity contribution in [3.8, 4) is 17.1 Å². The molecule has 0 saturated carbocycles. The number of amides is 1. The number of benzene rings is 2. The average molecular weight is 443 g/mol. The fourth-order valence-electron chi connectivity index (χ4n) is 3.10. The van der Waals surface area contributed by atoms with Crippen molar-refractivity contribution in [1.82, 2.24) is 19.7 Å². The Morgan fingerprint density at radius 2 is 1.90 bits per heavy atom. The first-order valence-electron chi connectivity index (χ1n) is 9.77. The molecule has 0 unspecified atom stereocenters. The van der Waals surface area contributed by atoms with Gasteiger partial charge >= 0.3 is 0 Å². The van der Waals surface area contributed by atoms with Crippen LogP contribution in [0.15, 0.2) is 53.4 Å². The number of aromatic amines is 1. The molecule has 1 heterocycles. The summed E-state index contributed by atoms with van der Waals surface area (Å²) in [4.78, 5) is 15.6. The van der Waals surface area contributed by atoms with Crippen molar-refractivity contribution < 1.29 is 9.53 Å². The van der Waals surface area contributed by atoms with Gasteiger partial charge in [-0.1, -0.05) is 12.1 Å². The van der Waals surface area contributed by atoms with Crippen LogP contribution >= 0.6 is 24.0 Å². The van der Waals surface area contributed by atoms with Gasteiger partial charge in [-0.3, -0.25) is 14.5 Å². The van der Waals surface area contributed by atoms with Gasteiger partial charge in [-0.05, 0) is 67.4 Å². The zero-order chi connectivity index (χ0) is 21.5. The quantitative estimate of drug-likeness (QED) is 0.382. The van der Waals surface area contributed by atoms with E-state index >= 15 is 0 Å². The van der Waals surface area contributed by atoms with Gasteiger partial charge in [-0.25, -0.2) is 0 Å². The first kappa shape index (κ1) is 22.1. The van der Waals surface area contributed by atoms with Crippen LogP contribution in [0.1, 0.15) is 18.9 Å². The monoisotopic (exact) mass is 442 g/mol. The normalized spacial score (nSPS) is 10.8. The number of carbonyl (C=O) groups is 1. The number of carbonyl (C=O) groups excluding carboxylic acids is 1. The minimum Gasteiger partial charge on any atom is -0.494 e. The molecule has 0 spiro atoms. The van der Waals surface area contributed by atoms with Crippen molar-refractivity contribution in [2.75, 3.05) is 19.9 Å². The number of nitrogens with one attached hydrogen (secondary N) is 1. The minimum atomic E-state index is 0.0599. The maximum absolute atomic E-state index is 12.7. The minimum absolute atomic E-state index is 0.0599. The van der Waals surface area contributed by atoms with E-state index in [0.717, 1.165) is 16.9 Å². The number of nitrogens with zero attached hydrogens (tertiary/aromatic N) is 3. The highest BCUT2D eigenvalue weighted by Gasteiger charge is 2.14. The largest absolute Gasteiger partial charge is 0.494 e. The van der Waals surface area contributed by atoms with Gasteiger partial charge in [0.15, 0.2) is 10.6 Å². The molecule has 158 valence electrons. The highest BCUT2D eigenvalue weighted by atomic mass is 32.2. The van der Waals surface area contributed by atoms with Crippen molar-refractivity contribution in [2.24, 2.45) is 0 Å². The summed E-state index contributed by atoms with van der Waals surface area (Å²) in [7, 11) is 1.83. The molecule has 3 rings (SSSR count). The maximum Gasteiger partial charge on any atom is 0.224 e. The number of hydrogen-bond donors (Lipinski definition) is 1. The van der Waals surface area contributed by atoms with Crippen LogP contribution in [0.2, 0.25) is 0 Å². The molecule has 0 bridgehead atoms. The fraction of sp³-hybridized carbons (Fsp3) is 0.318. The van der Waals surface area contributed by atoms with Crippen molar-refractivity contribution in [2.45, 2.75) is 31.3 Å². The molecule has 8 heteroatoms. The lowest BCUT2D eigenvalue weighted by Crippen LogP contribution is -2.27. The molecule has 0 saturated heterocycles. The first-order chi connectivity index (χ1) is 14.5.